The van der Waals surface area contributed by atoms with Crippen LogP contribution in [-0.4, -0.2) is 29.5 Å². The van der Waals surface area contributed by atoms with E-state index < -0.39 is 16.2 Å². The third kappa shape index (κ3) is 1.73. The van der Waals surface area contributed by atoms with Crippen LogP contribution in [0.5, 0.6) is 0 Å². The van der Waals surface area contributed by atoms with Crippen LogP contribution in [0.3, 0.4) is 0 Å². The van der Waals surface area contributed by atoms with E-state index in [2.05, 4.69) is 20.1 Å². The Morgan fingerprint density at radius 1 is 1.32 bits per heavy atom. The number of nitrogens with one attached hydrogen (secondary N) is 1. The molecule has 3 aromatic rings. The monoisotopic (exact) mass is 258 g/mol. The first-order chi connectivity index (χ1) is 9.16. The normalized spacial score (nSPS) is 10.7. The summed E-state index contributed by atoms with van der Waals surface area (Å²) in [5.74, 6) is 0.207. The van der Waals surface area contributed by atoms with Crippen molar-refractivity contribution < 1.29 is 4.92 Å². The van der Waals surface area contributed by atoms with Crippen LogP contribution in [0, 0.1) is 10.1 Å². The summed E-state index contributed by atoms with van der Waals surface area (Å²) in [4.78, 5) is 31.5. The summed E-state index contributed by atoms with van der Waals surface area (Å²) in [7, 11) is 0. The molecule has 0 radical (unpaired) electrons. The highest BCUT2D eigenvalue weighted by molar-refractivity contribution is 5.74. The topological polar surface area (TPSA) is 119 Å². The third-order valence-electron chi connectivity index (χ3n) is 2.56. The highest BCUT2D eigenvalue weighted by atomic mass is 16.6. The molecule has 3 heterocycles. The third-order valence-corrected chi connectivity index (χ3v) is 2.56. The average Bonchev–Trinajstić information content (AvgIpc) is 2.82. The van der Waals surface area contributed by atoms with Gasteiger partial charge in [0, 0.05) is 12.4 Å². The fraction of sp³-hybridized carbons (Fsp3) is 0. The first-order valence-electron chi connectivity index (χ1n) is 5.18. The van der Waals surface area contributed by atoms with Gasteiger partial charge < -0.3 is 4.98 Å². The second-order valence-corrected chi connectivity index (χ2v) is 3.67. The van der Waals surface area contributed by atoms with E-state index in [4.69, 9.17) is 0 Å². The quantitative estimate of drug-likeness (QED) is 0.524. The molecule has 0 aromatic carbocycles. The Morgan fingerprint density at radius 3 is 2.89 bits per heavy atom. The Hall–Kier alpha value is -3.10. The van der Waals surface area contributed by atoms with Gasteiger partial charge >= 0.3 is 11.2 Å². The second-order valence-electron chi connectivity index (χ2n) is 3.67. The second kappa shape index (κ2) is 3.98. The van der Waals surface area contributed by atoms with Crippen molar-refractivity contribution in [3.8, 4) is 11.4 Å². The van der Waals surface area contributed by atoms with Gasteiger partial charge in [0.25, 0.3) is 0 Å². The SMILES string of the molecule is O=c1[nH]c(-c2cnn3ccncc23)ncc1[N+](=O)[O-]. The zero-order chi connectivity index (χ0) is 13.4. The van der Waals surface area contributed by atoms with Crippen molar-refractivity contribution in [2.75, 3.05) is 0 Å². The molecule has 0 spiro atoms. The molecule has 0 saturated carbocycles. The van der Waals surface area contributed by atoms with Gasteiger partial charge in [-0.2, -0.15) is 5.10 Å². The van der Waals surface area contributed by atoms with E-state index in [0.29, 0.717) is 11.1 Å². The smallest absolute Gasteiger partial charge is 0.300 e. The molecule has 0 atom stereocenters. The van der Waals surface area contributed by atoms with Crippen molar-refractivity contribution in [2.24, 2.45) is 0 Å². The minimum Gasteiger partial charge on any atom is -0.300 e. The zero-order valence-corrected chi connectivity index (χ0v) is 9.35. The minimum atomic E-state index is -0.807. The molecule has 1 N–H and O–H groups in total. The molecule has 0 saturated heterocycles. The van der Waals surface area contributed by atoms with Gasteiger partial charge in [0.2, 0.25) is 0 Å². The molecule has 0 bridgehead atoms. The van der Waals surface area contributed by atoms with Crippen LogP contribution in [0.25, 0.3) is 16.9 Å². The first-order valence-corrected chi connectivity index (χ1v) is 5.18. The molecular formula is C10H6N6O3. The fourth-order valence-corrected chi connectivity index (χ4v) is 1.67. The predicted octanol–water partition coefficient (Wildman–Crippen LogP) is 0.388. The summed E-state index contributed by atoms with van der Waals surface area (Å²) in [6.07, 6.45) is 7.19. The lowest BCUT2D eigenvalue weighted by Gasteiger charge is -1.97. The molecule has 3 aromatic heterocycles. The maximum atomic E-state index is 11.5. The number of aromatic nitrogens is 5. The van der Waals surface area contributed by atoms with Crippen LogP contribution in [0.4, 0.5) is 5.69 Å². The first kappa shape index (κ1) is 11.0. The Kier molecular flexibility index (Phi) is 2.31. The van der Waals surface area contributed by atoms with Crippen LogP contribution in [0.15, 0.2) is 35.8 Å². The number of H-pyrrole nitrogens is 1. The minimum absolute atomic E-state index is 0.207. The van der Waals surface area contributed by atoms with Gasteiger partial charge in [-0.3, -0.25) is 19.9 Å². The molecule has 0 aliphatic rings. The van der Waals surface area contributed by atoms with Crippen molar-refractivity contribution in [2.45, 2.75) is 0 Å². The molecule has 0 fully saturated rings. The molecule has 0 aliphatic heterocycles. The lowest BCUT2D eigenvalue weighted by atomic mass is 10.3. The van der Waals surface area contributed by atoms with Crippen LogP contribution >= 0.6 is 0 Å². The van der Waals surface area contributed by atoms with Gasteiger partial charge in [0.15, 0.2) is 0 Å². The number of hydrogen-bond acceptors (Lipinski definition) is 6. The Morgan fingerprint density at radius 2 is 2.16 bits per heavy atom. The maximum absolute atomic E-state index is 11.5. The van der Waals surface area contributed by atoms with Crippen LogP contribution < -0.4 is 5.56 Å². The number of nitrogens with zero attached hydrogens (tertiary/aromatic N) is 5. The van der Waals surface area contributed by atoms with Gasteiger partial charge in [-0.05, 0) is 0 Å². The van der Waals surface area contributed by atoms with Gasteiger partial charge in [0.1, 0.15) is 12.0 Å². The molecule has 9 nitrogen and oxygen atoms in total. The van der Waals surface area contributed by atoms with Crippen LogP contribution in [0.1, 0.15) is 0 Å². The average molecular weight is 258 g/mol. The van der Waals surface area contributed by atoms with Gasteiger partial charge in [-0.1, -0.05) is 0 Å². The van der Waals surface area contributed by atoms with Crippen molar-refractivity contribution in [3.05, 3.63) is 51.5 Å². The Balaban J connectivity index is 2.20. The summed E-state index contributed by atoms with van der Waals surface area (Å²) in [6, 6.07) is 0. The van der Waals surface area contributed by atoms with Crippen LogP contribution in [-0.2, 0) is 0 Å². The molecule has 19 heavy (non-hydrogen) atoms. The van der Waals surface area contributed by atoms with Gasteiger partial charge in [0.05, 0.1) is 28.4 Å². The van der Waals surface area contributed by atoms with E-state index in [0.717, 1.165) is 6.20 Å². The molecule has 0 unspecified atom stereocenters. The summed E-state index contributed by atoms with van der Waals surface area (Å²) in [5.41, 5.74) is -0.226. The number of rotatable bonds is 2. The molecule has 0 amide bonds. The molecule has 9 heteroatoms. The number of fused-ring (bicyclic) bond motifs is 1. The summed E-state index contributed by atoms with van der Waals surface area (Å²) in [6.45, 7) is 0. The van der Waals surface area contributed by atoms with Crippen molar-refractivity contribution >= 4 is 11.2 Å². The number of aromatic amines is 1. The lowest BCUT2D eigenvalue weighted by molar-refractivity contribution is -0.386. The van der Waals surface area contributed by atoms with Gasteiger partial charge in [-0.15, -0.1) is 0 Å². The van der Waals surface area contributed by atoms with E-state index in [1.165, 1.54) is 6.20 Å². The Labute approximate surface area is 104 Å². The predicted molar refractivity (Wildman–Crippen MR) is 63.5 cm³/mol. The molecule has 94 valence electrons. The molecule has 0 aliphatic carbocycles. The standard InChI is InChI=1S/C10H6N6O3/c17-10-8(16(18)19)5-12-9(14-10)6-3-13-15-2-1-11-4-7(6)15/h1-5H,(H,12,14,17). The largest absolute Gasteiger partial charge is 0.351 e. The lowest BCUT2D eigenvalue weighted by Crippen LogP contribution is -2.13. The number of hydrogen-bond donors (Lipinski definition) is 1. The van der Waals surface area contributed by atoms with Crippen molar-refractivity contribution in [1.82, 2.24) is 24.6 Å². The van der Waals surface area contributed by atoms with Crippen LogP contribution in [0.2, 0.25) is 0 Å². The zero-order valence-electron chi connectivity index (χ0n) is 9.35. The molecular weight excluding hydrogens is 252 g/mol. The number of nitro groups is 1. The van der Waals surface area contributed by atoms with Crippen molar-refractivity contribution in [1.29, 1.82) is 0 Å². The maximum Gasteiger partial charge on any atom is 0.351 e. The summed E-state index contributed by atoms with van der Waals surface area (Å²) < 4.78 is 1.56. The Bertz CT molecular complexity index is 836. The highest BCUT2D eigenvalue weighted by Gasteiger charge is 2.15. The van der Waals surface area contributed by atoms with E-state index >= 15 is 0 Å². The summed E-state index contributed by atoms with van der Waals surface area (Å²) >= 11 is 0. The van der Waals surface area contributed by atoms with E-state index in [1.807, 2.05) is 0 Å². The van der Waals surface area contributed by atoms with Gasteiger partial charge in [-0.25, -0.2) is 9.50 Å². The molecule has 3 rings (SSSR count). The highest BCUT2D eigenvalue weighted by Crippen LogP contribution is 2.19. The summed E-state index contributed by atoms with van der Waals surface area (Å²) in [5, 5.41) is 14.6. The van der Waals surface area contributed by atoms with E-state index in [1.54, 1.807) is 23.1 Å². The fourth-order valence-electron chi connectivity index (χ4n) is 1.67. The van der Waals surface area contributed by atoms with E-state index in [-0.39, 0.29) is 5.82 Å². The van der Waals surface area contributed by atoms with E-state index in [9.17, 15) is 14.9 Å². The van der Waals surface area contributed by atoms with Crippen molar-refractivity contribution in [3.63, 3.8) is 0 Å².